The molecule has 0 saturated heterocycles. The van der Waals surface area contributed by atoms with Gasteiger partial charge in [0.25, 0.3) is 11.8 Å². The molecular weight excluding hydrogens is 270 g/mol. The van der Waals surface area contributed by atoms with E-state index in [2.05, 4.69) is 10.3 Å². The van der Waals surface area contributed by atoms with Crippen LogP contribution in [0, 0.1) is 0 Å². The predicted molar refractivity (Wildman–Crippen MR) is 76.9 cm³/mol. The molecule has 0 aliphatic carbocycles. The van der Waals surface area contributed by atoms with Crippen molar-refractivity contribution in [2.24, 2.45) is 5.73 Å². The summed E-state index contributed by atoms with van der Waals surface area (Å²) in [5, 5.41) is 2.77. The van der Waals surface area contributed by atoms with E-state index >= 15 is 0 Å². The number of carbonyl (C=O) groups excluding carboxylic acids is 2. The number of amides is 2. The lowest BCUT2D eigenvalue weighted by Gasteiger charge is -2.06. The maximum absolute atomic E-state index is 11.9. The van der Waals surface area contributed by atoms with Gasteiger partial charge in [0.15, 0.2) is 0 Å². The smallest absolute Gasteiger partial charge is 0.267 e. The average Bonchev–Trinajstić information content (AvgIpc) is 2.53. The molecule has 0 atom stereocenters. The van der Waals surface area contributed by atoms with Gasteiger partial charge in [-0.15, -0.1) is 0 Å². The SMILES string of the molecule is COc1ccc(CNC(=O)c2ccc(C(N)=O)nc2)cc1. The molecule has 3 N–H and O–H groups in total. The number of methoxy groups -OCH3 is 1. The molecule has 0 aliphatic rings. The zero-order chi connectivity index (χ0) is 15.2. The minimum absolute atomic E-state index is 0.127. The molecule has 0 aliphatic heterocycles. The van der Waals surface area contributed by atoms with Crippen LogP contribution in [0.3, 0.4) is 0 Å². The van der Waals surface area contributed by atoms with Gasteiger partial charge in [0.2, 0.25) is 0 Å². The minimum Gasteiger partial charge on any atom is -0.497 e. The van der Waals surface area contributed by atoms with Crippen molar-refractivity contribution >= 4 is 11.8 Å². The normalized spacial score (nSPS) is 9.95. The number of hydrogen-bond acceptors (Lipinski definition) is 4. The number of primary amides is 1. The van der Waals surface area contributed by atoms with Crippen LogP contribution in [0.4, 0.5) is 0 Å². The van der Waals surface area contributed by atoms with Crippen molar-refractivity contribution in [2.75, 3.05) is 7.11 Å². The van der Waals surface area contributed by atoms with E-state index in [1.165, 1.54) is 18.3 Å². The van der Waals surface area contributed by atoms with Crippen LogP contribution in [0.5, 0.6) is 5.75 Å². The molecule has 1 heterocycles. The highest BCUT2D eigenvalue weighted by Crippen LogP contribution is 2.11. The molecule has 0 spiro atoms. The number of hydrogen-bond donors (Lipinski definition) is 2. The summed E-state index contributed by atoms with van der Waals surface area (Å²) >= 11 is 0. The third-order valence-electron chi connectivity index (χ3n) is 2.89. The lowest BCUT2D eigenvalue weighted by molar-refractivity contribution is 0.0947. The number of ether oxygens (including phenoxy) is 1. The van der Waals surface area contributed by atoms with E-state index in [1.54, 1.807) is 7.11 Å². The van der Waals surface area contributed by atoms with E-state index in [0.29, 0.717) is 12.1 Å². The van der Waals surface area contributed by atoms with Crippen molar-refractivity contribution in [2.45, 2.75) is 6.54 Å². The van der Waals surface area contributed by atoms with Gasteiger partial charge >= 0.3 is 0 Å². The number of carbonyl (C=O) groups is 2. The molecule has 0 unspecified atom stereocenters. The number of benzene rings is 1. The summed E-state index contributed by atoms with van der Waals surface area (Å²) in [6.07, 6.45) is 1.32. The van der Waals surface area contributed by atoms with Gasteiger partial charge < -0.3 is 15.8 Å². The maximum atomic E-state index is 11.9. The molecule has 2 amide bonds. The second-order valence-electron chi connectivity index (χ2n) is 4.33. The van der Waals surface area contributed by atoms with Gasteiger partial charge in [-0.25, -0.2) is 0 Å². The highest BCUT2D eigenvalue weighted by atomic mass is 16.5. The monoisotopic (exact) mass is 285 g/mol. The minimum atomic E-state index is -0.625. The Hall–Kier alpha value is -2.89. The van der Waals surface area contributed by atoms with Gasteiger partial charge in [-0.3, -0.25) is 14.6 Å². The van der Waals surface area contributed by atoms with Crippen molar-refractivity contribution in [3.63, 3.8) is 0 Å². The maximum Gasteiger partial charge on any atom is 0.267 e. The standard InChI is InChI=1S/C15H15N3O3/c1-21-12-5-2-10(3-6-12)8-18-15(20)11-4-7-13(14(16)19)17-9-11/h2-7,9H,8H2,1H3,(H2,16,19)(H,18,20). The lowest BCUT2D eigenvalue weighted by Crippen LogP contribution is -2.23. The first-order valence-electron chi connectivity index (χ1n) is 6.27. The largest absolute Gasteiger partial charge is 0.497 e. The van der Waals surface area contributed by atoms with Crippen LogP contribution in [0.1, 0.15) is 26.4 Å². The molecule has 21 heavy (non-hydrogen) atoms. The summed E-state index contributed by atoms with van der Waals surface area (Å²) in [6, 6.07) is 10.3. The molecule has 6 heteroatoms. The molecule has 2 aromatic rings. The number of nitrogens with zero attached hydrogens (tertiary/aromatic N) is 1. The number of aromatic nitrogens is 1. The Morgan fingerprint density at radius 1 is 1.19 bits per heavy atom. The van der Waals surface area contributed by atoms with Crippen molar-refractivity contribution < 1.29 is 14.3 Å². The number of rotatable bonds is 5. The van der Waals surface area contributed by atoms with E-state index in [4.69, 9.17) is 10.5 Å². The molecular formula is C15H15N3O3. The number of nitrogens with two attached hydrogens (primary N) is 1. The molecule has 6 nitrogen and oxygen atoms in total. The fraction of sp³-hybridized carbons (Fsp3) is 0.133. The van der Waals surface area contributed by atoms with Crippen molar-refractivity contribution in [3.8, 4) is 5.75 Å². The molecule has 108 valence electrons. The molecule has 0 fully saturated rings. The first-order chi connectivity index (χ1) is 10.1. The third kappa shape index (κ3) is 3.79. The molecule has 0 saturated carbocycles. The summed E-state index contributed by atoms with van der Waals surface area (Å²) in [4.78, 5) is 26.6. The molecule has 2 rings (SSSR count). The fourth-order valence-electron chi connectivity index (χ4n) is 1.70. The zero-order valence-corrected chi connectivity index (χ0v) is 11.5. The van der Waals surface area contributed by atoms with Crippen molar-refractivity contribution in [3.05, 3.63) is 59.4 Å². The second kappa shape index (κ2) is 6.51. The van der Waals surface area contributed by atoms with Crippen molar-refractivity contribution in [1.29, 1.82) is 0 Å². The predicted octanol–water partition coefficient (Wildman–Crippen LogP) is 1.12. The average molecular weight is 285 g/mol. The van der Waals surface area contributed by atoms with Crippen LogP contribution >= 0.6 is 0 Å². The van der Waals surface area contributed by atoms with E-state index in [1.807, 2.05) is 24.3 Å². The fourth-order valence-corrected chi connectivity index (χ4v) is 1.70. The van der Waals surface area contributed by atoms with Gasteiger partial charge in [0.05, 0.1) is 12.7 Å². The molecule has 1 aromatic carbocycles. The number of pyridine rings is 1. The van der Waals surface area contributed by atoms with Gasteiger partial charge in [-0.1, -0.05) is 12.1 Å². The summed E-state index contributed by atoms with van der Waals surface area (Å²) < 4.78 is 5.06. The van der Waals surface area contributed by atoms with Crippen LogP contribution in [0.15, 0.2) is 42.6 Å². The highest BCUT2D eigenvalue weighted by molar-refractivity contribution is 5.95. The van der Waals surface area contributed by atoms with Gasteiger partial charge in [-0.2, -0.15) is 0 Å². The van der Waals surface area contributed by atoms with Crippen molar-refractivity contribution in [1.82, 2.24) is 10.3 Å². The highest BCUT2D eigenvalue weighted by Gasteiger charge is 2.08. The zero-order valence-electron chi connectivity index (χ0n) is 11.5. The lowest BCUT2D eigenvalue weighted by atomic mass is 10.2. The Morgan fingerprint density at radius 2 is 1.90 bits per heavy atom. The van der Waals surface area contributed by atoms with E-state index in [9.17, 15) is 9.59 Å². The Kier molecular flexibility index (Phi) is 4.50. The topological polar surface area (TPSA) is 94.3 Å². The van der Waals surface area contributed by atoms with Crippen LogP contribution in [-0.4, -0.2) is 23.9 Å². The molecule has 1 aromatic heterocycles. The van der Waals surface area contributed by atoms with Crippen LogP contribution in [-0.2, 0) is 6.54 Å². The first-order valence-corrected chi connectivity index (χ1v) is 6.27. The third-order valence-corrected chi connectivity index (χ3v) is 2.89. The summed E-state index contributed by atoms with van der Waals surface area (Å²) in [5.41, 5.74) is 6.53. The van der Waals surface area contributed by atoms with E-state index in [0.717, 1.165) is 11.3 Å². The van der Waals surface area contributed by atoms with Gasteiger partial charge in [0.1, 0.15) is 11.4 Å². The Bertz CT molecular complexity index is 636. The molecule has 0 bridgehead atoms. The summed E-state index contributed by atoms with van der Waals surface area (Å²) in [6.45, 7) is 0.389. The Balaban J connectivity index is 1.95. The van der Waals surface area contributed by atoms with Crippen LogP contribution < -0.4 is 15.8 Å². The first kappa shape index (κ1) is 14.5. The molecule has 0 radical (unpaired) electrons. The van der Waals surface area contributed by atoms with Crippen LogP contribution in [0.25, 0.3) is 0 Å². The summed E-state index contributed by atoms with van der Waals surface area (Å²) in [7, 11) is 1.60. The van der Waals surface area contributed by atoms with E-state index < -0.39 is 5.91 Å². The van der Waals surface area contributed by atoms with Gasteiger partial charge in [-0.05, 0) is 29.8 Å². The van der Waals surface area contributed by atoms with Crippen LogP contribution in [0.2, 0.25) is 0 Å². The summed E-state index contributed by atoms with van der Waals surface area (Å²) in [5.74, 6) is -0.133. The number of nitrogens with one attached hydrogen (secondary N) is 1. The Labute approximate surface area is 121 Å². The van der Waals surface area contributed by atoms with Gasteiger partial charge in [0, 0.05) is 12.7 Å². The second-order valence-corrected chi connectivity index (χ2v) is 4.33. The van der Waals surface area contributed by atoms with E-state index in [-0.39, 0.29) is 11.6 Å². The Morgan fingerprint density at radius 3 is 2.43 bits per heavy atom. The quantitative estimate of drug-likeness (QED) is 0.860.